The fourth-order valence-electron chi connectivity index (χ4n) is 3.08. The number of aromatic amines is 1. The minimum absolute atomic E-state index is 0.274. The van der Waals surface area contributed by atoms with Gasteiger partial charge in [-0.1, -0.05) is 6.42 Å². The largest absolute Gasteiger partial charge is 0.465 e. The Balaban J connectivity index is 1.77. The van der Waals surface area contributed by atoms with Crippen LogP contribution < -0.4 is 0 Å². The normalized spacial score (nSPS) is 19.3. The average Bonchev–Trinajstić information content (AvgIpc) is 3.17. The number of likely N-dealkylation sites (tertiary alicyclic amines) is 1. The summed E-state index contributed by atoms with van der Waals surface area (Å²) in [6, 6.07) is 2.06. The lowest BCUT2D eigenvalue weighted by atomic mass is 10.0. The molecule has 1 aliphatic rings. The summed E-state index contributed by atoms with van der Waals surface area (Å²) in [5.74, 6) is 2.04. The quantitative estimate of drug-likeness (QED) is 0.879. The molecule has 6 nitrogen and oxygen atoms in total. The van der Waals surface area contributed by atoms with E-state index in [2.05, 4.69) is 14.9 Å². The molecule has 0 amide bonds. The number of ether oxygens (including phenoxy) is 1. The van der Waals surface area contributed by atoms with E-state index < -0.39 is 0 Å². The van der Waals surface area contributed by atoms with Crippen LogP contribution in [0, 0.1) is 6.92 Å². The number of esters is 1. The lowest BCUT2D eigenvalue weighted by Gasteiger charge is -2.33. The molecule has 1 saturated heterocycles. The minimum Gasteiger partial charge on any atom is -0.465 e. The van der Waals surface area contributed by atoms with Crippen LogP contribution in [0.4, 0.5) is 0 Å². The lowest BCUT2D eigenvalue weighted by molar-refractivity contribution is 0.0599. The summed E-state index contributed by atoms with van der Waals surface area (Å²) in [7, 11) is 1.38. The standard InChI is InChI=1S/C16H21N3O3/c1-11-13(16(20)21-2)9-12(22-11)10-19-8-4-3-5-14(19)15-17-6-7-18-15/h6-7,9,14H,3-5,8,10H2,1-2H3,(H,17,18). The number of H-pyrrole nitrogens is 1. The number of aryl methyl sites for hydroxylation is 1. The second kappa shape index (κ2) is 6.36. The summed E-state index contributed by atoms with van der Waals surface area (Å²) in [5.41, 5.74) is 0.504. The van der Waals surface area contributed by atoms with Crippen LogP contribution >= 0.6 is 0 Å². The molecule has 1 atom stereocenters. The molecule has 3 heterocycles. The van der Waals surface area contributed by atoms with Crippen molar-refractivity contribution in [2.75, 3.05) is 13.7 Å². The number of methoxy groups -OCH3 is 1. The zero-order chi connectivity index (χ0) is 15.5. The van der Waals surface area contributed by atoms with Crippen molar-refractivity contribution < 1.29 is 13.9 Å². The zero-order valence-corrected chi connectivity index (χ0v) is 13.0. The maximum atomic E-state index is 11.7. The van der Waals surface area contributed by atoms with E-state index in [-0.39, 0.29) is 12.0 Å². The van der Waals surface area contributed by atoms with E-state index in [1.165, 1.54) is 20.0 Å². The lowest BCUT2D eigenvalue weighted by Crippen LogP contribution is -2.33. The van der Waals surface area contributed by atoms with Crippen molar-refractivity contribution in [1.82, 2.24) is 14.9 Å². The molecule has 0 aliphatic carbocycles. The van der Waals surface area contributed by atoms with Crippen molar-refractivity contribution in [2.45, 2.75) is 38.8 Å². The molecule has 1 unspecified atom stereocenters. The molecule has 22 heavy (non-hydrogen) atoms. The van der Waals surface area contributed by atoms with Gasteiger partial charge in [0, 0.05) is 12.4 Å². The van der Waals surface area contributed by atoms with Gasteiger partial charge in [0.05, 0.1) is 19.7 Å². The van der Waals surface area contributed by atoms with Gasteiger partial charge in [-0.2, -0.15) is 0 Å². The number of nitrogens with zero attached hydrogens (tertiary/aromatic N) is 2. The van der Waals surface area contributed by atoms with Crippen LogP contribution in [0.25, 0.3) is 0 Å². The highest BCUT2D eigenvalue weighted by Crippen LogP contribution is 2.30. The zero-order valence-electron chi connectivity index (χ0n) is 13.0. The molecule has 6 heteroatoms. The number of imidazole rings is 1. The summed E-state index contributed by atoms with van der Waals surface area (Å²) in [6.45, 7) is 3.46. The highest BCUT2D eigenvalue weighted by atomic mass is 16.5. The Bertz CT molecular complexity index is 633. The average molecular weight is 303 g/mol. The smallest absolute Gasteiger partial charge is 0.341 e. The molecule has 0 aromatic carbocycles. The Hall–Kier alpha value is -2.08. The van der Waals surface area contributed by atoms with E-state index in [1.807, 2.05) is 6.20 Å². The molecular formula is C16H21N3O3. The number of carbonyl (C=O) groups is 1. The Kier molecular flexibility index (Phi) is 4.29. The van der Waals surface area contributed by atoms with Crippen molar-refractivity contribution in [3.63, 3.8) is 0 Å². The third-order valence-corrected chi connectivity index (χ3v) is 4.18. The monoisotopic (exact) mass is 303 g/mol. The summed E-state index contributed by atoms with van der Waals surface area (Å²) in [6.07, 6.45) is 7.09. The summed E-state index contributed by atoms with van der Waals surface area (Å²) < 4.78 is 10.5. The van der Waals surface area contributed by atoms with Crippen molar-refractivity contribution in [1.29, 1.82) is 0 Å². The number of furan rings is 1. The second-order valence-electron chi connectivity index (χ2n) is 5.63. The van der Waals surface area contributed by atoms with E-state index in [0.717, 1.165) is 24.6 Å². The van der Waals surface area contributed by atoms with Gasteiger partial charge in [0.2, 0.25) is 0 Å². The van der Waals surface area contributed by atoms with Crippen LogP contribution in [0.2, 0.25) is 0 Å². The van der Waals surface area contributed by atoms with Crippen molar-refractivity contribution in [2.24, 2.45) is 0 Å². The number of hydrogen-bond acceptors (Lipinski definition) is 5. The first-order chi connectivity index (χ1) is 10.7. The molecule has 2 aromatic heterocycles. The van der Waals surface area contributed by atoms with E-state index in [4.69, 9.17) is 9.15 Å². The highest BCUT2D eigenvalue weighted by molar-refractivity contribution is 5.90. The van der Waals surface area contributed by atoms with E-state index in [1.54, 1.807) is 19.2 Å². The summed E-state index contributed by atoms with van der Waals surface area (Å²) >= 11 is 0. The number of nitrogens with one attached hydrogen (secondary N) is 1. The molecule has 2 aromatic rings. The van der Waals surface area contributed by atoms with E-state index in [9.17, 15) is 4.79 Å². The number of carbonyl (C=O) groups excluding carboxylic acids is 1. The fourth-order valence-corrected chi connectivity index (χ4v) is 3.08. The molecule has 3 rings (SSSR count). The van der Waals surface area contributed by atoms with Crippen LogP contribution in [0.15, 0.2) is 22.9 Å². The number of hydrogen-bond donors (Lipinski definition) is 1. The SMILES string of the molecule is COC(=O)c1cc(CN2CCCCC2c2ncc[nH]2)oc1C. The maximum absolute atomic E-state index is 11.7. The molecule has 0 radical (unpaired) electrons. The Morgan fingerprint density at radius 3 is 3.14 bits per heavy atom. The van der Waals surface area contributed by atoms with Gasteiger partial charge in [0.25, 0.3) is 0 Å². The van der Waals surface area contributed by atoms with Gasteiger partial charge in [-0.05, 0) is 32.4 Å². The van der Waals surface area contributed by atoms with Crippen LogP contribution in [0.5, 0.6) is 0 Å². The first-order valence-electron chi connectivity index (χ1n) is 7.60. The van der Waals surface area contributed by atoms with Gasteiger partial charge in [0.15, 0.2) is 0 Å². The van der Waals surface area contributed by atoms with Crippen molar-refractivity contribution in [3.05, 3.63) is 41.4 Å². The highest BCUT2D eigenvalue weighted by Gasteiger charge is 2.27. The third kappa shape index (κ3) is 2.92. The van der Waals surface area contributed by atoms with E-state index >= 15 is 0 Å². The van der Waals surface area contributed by atoms with Gasteiger partial charge < -0.3 is 14.1 Å². The summed E-state index contributed by atoms with van der Waals surface area (Å²) in [5, 5.41) is 0. The molecule has 0 bridgehead atoms. The first-order valence-corrected chi connectivity index (χ1v) is 7.60. The molecule has 0 saturated carbocycles. The third-order valence-electron chi connectivity index (χ3n) is 4.18. The molecule has 0 spiro atoms. The molecule has 118 valence electrons. The molecule has 1 aliphatic heterocycles. The van der Waals surface area contributed by atoms with Gasteiger partial charge in [0.1, 0.15) is 22.9 Å². The Labute approximate surface area is 129 Å². The first kappa shape index (κ1) is 14.8. The van der Waals surface area contributed by atoms with Gasteiger partial charge in [-0.25, -0.2) is 9.78 Å². The second-order valence-corrected chi connectivity index (χ2v) is 5.63. The number of aromatic nitrogens is 2. The van der Waals surface area contributed by atoms with E-state index in [0.29, 0.717) is 17.9 Å². The Morgan fingerprint density at radius 1 is 1.55 bits per heavy atom. The van der Waals surface area contributed by atoms with Crippen molar-refractivity contribution in [3.8, 4) is 0 Å². The topological polar surface area (TPSA) is 71.4 Å². The van der Waals surface area contributed by atoms with Crippen LogP contribution in [-0.2, 0) is 11.3 Å². The number of piperidine rings is 1. The fraction of sp³-hybridized carbons (Fsp3) is 0.500. The van der Waals surface area contributed by atoms with Crippen molar-refractivity contribution >= 4 is 5.97 Å². The Morgan fingerprint density at radius 2 is 2.41 bits per heavy atom. The van der Waals surface area contributed by atoms with Crippen LogP contribution in [-0.4, -0.2) is 34.5 Å². The van der Waals surface area contributed by atoms with Crippen LogP contribution in [0.1, 0.15) is 53.0 Å². The summed E-state index contributed by atoms with van der Waals surface area (Å²) in [4.78, 5) is 21.6. The maximum Gasteiger partial charge on any atom is 0.341 e. The van der Waals surface area contributed by atoms with Crippen LogP contribution in [0.3, 0.4) is 0 Å². The predicted molar refractivity (Wildman–Crippen MR) is 80.4 cm³/mol. The minimum atomic E-state index is -0.353. The molecule has 1 N–H and O–H groups in total. The van der Waals surface area contributed by atoms with Gasteiger partial charge >= 0.3 is 5.97 Å². The van der Waals surface area contributed by atoms with Gasteiger partial charge in [-0.3, -0.25) is 4.90 Å². The number of rotatable bonds is 4. The molecular weight excluding hydrogens is 282 g/mol. The predicted octanol–water partition coefficient (Wildman–Crippen LogP) is 2.82. The van der Waals surface area contributed by atoms with Gasteiger partial charge in [-0.15, -0.1) is 0 Å². The molecule has 1 fully saturated rings.